The van der Waals surface area contributed by atoms with Crippen molar-refractivity contribution in [1.29, 1.82) is 0 Å². The molecule has 142 valence electrons. The molecule has 0 aliphatic carbocycles. The molecule has 0 saturated carbocycles. The number of hydrazone groups is 1. The van der Waals surface area contributed by atoms with Gasteiger partial charge in [0.25, 0.3) is 11.5 Å². The summed E-state index contributed by atoms with van der Waals surface area (Å²) in [4.78, 5) is 29.5. The third-order valence-electron chi connectivity index (χ3n) is 4.72. The van der Waals surface area contributed by atoms with Crippen LogP contribution in [-0.2, 0) is 13.0 Å². The molecule has 2 aromatic carbocycles. The second-order valence-electron chi connectivity index (χ2n) is 6.58. The number of halogens is 2. The van der Waals surface area contributed by atoms with Crippen LogP contribution in [0.3, 0.4) is 0 Å². The molecular weight excluding hydrogens is 383 g/mol. The van der Waals surface area contributed by atoms with Crippen molar-refractivity contribution < 1.29 is 9.18 Å². The monoisotopic (exact) mass is 398 g/mol. The molecule has 1 aliphatic rings. The summed E-state index contributed by atoms with van der Waals surface area (Å²) in [6, 6.07) is 8.71. The lowest BCUT2D eigenvalue weighted by Gasteiger charge is -2.07. The number of benzene rings is 2. The van der Waals surface area contributed by atoms with E-state index < -0.39 is 11.7 Å². The molecule has 28 heavy (non-hydrogen) atoms. The first-order valence-corrected chi connectivity index (χ1v) is 9.15. The minimum atomic E-state index is -0.448. The molecule has 2 heterocycles. The van der Waals surface area contributed by atoms with Crippen LogP contribution in [0.2, 0.25) is 5.02 Å². The molecule has 0 spiro atoms. The summed E-state index contributed by atoms with van der Waals surface area (Å²) in [7, 11) is 0. The van der Waals surface area contributed by atoms with Gasteiger partial charge in [-0.1, -0.05) is 11.6 Å². The van der Waals surface area contributed by atoms with Crippen molar-refractivity contribution in [2.45, 2.75) is 26.3 Å². The number of hydrogen-bond donors (Lipinski definition) is 1. The zero-order chi connectivity index (χ0) is 19.8. The molecule has 0 saturated heterocycles. The van der Waals surface area contributed by atoms with Gasteiger partial charge in [-0.2, -0.15) is 5.10 Å². The zero-order valence-electron chi connectivity index (χ0n) is 15.0. The van der Waals surface area contributed by atoms with Crippen molar-refractivity contribution in [2.24, 2.45) is 5.10 Å². The predicted molar refractivity (Wildman–Crippen MR) is 105 cm³/mol. The number of fused-ring (bicyclic) bond motifs is 2. The van der Waals surface area contributed by atoms with Crippen molar-refractivity contribution in [3.63, 3.8) is 0 Å². The Morgan fingerprint density at radius 3 is 2.89 bits per heavy atom. The van der Waals surface area contributed by atoms with Crippen molar-refractivity contribution in [1.82, 2.24) is 15.0 Å². The van der Waals surface area contributed by atoms with Crippen LogP contribution < -0.4 is 11.0 Å². The maximum atomic E-state index is 13.2. The molecule has 1 aliphatic heterocycles. The van der Waals surface area contributed by atoms with E-state index in [2.05, 4.69) is 15.5 Å². The fourth-order valence-electron chi connectivity index (χ4n) is 3.27. The molecule has 0 unspecified atom stereocenters. The summed E-state index contributed by atoms with van der Waals surface area (Å²) >= 11 is 6.01. The lowest BCUT2D eigenvalue weighted by molar-refractivity contribution is 0.0955. The van der Waals surface area contributed by atoms with Crippen LogP contribution in [0.1, 0.15) is 35.1 Å². The van der Waals surface area contributed by atoms with Gasteiger partial charge in [0.2, 0.25) is 0 Å². The fraction of sp³-hybridized carbons (Fsp3) is 0.200. The first-order chi connectivity index (χ1) is 13.4. The highest BCUT2D eigenvalue weighted by molar-refractivity contribution is 6.34. The Labute approximate surface area is 164 Å². The molecule has 3 aromatic rings. The van der Waals surface area contributed by atoms with Gasteiger partial charge in [0.05, 0.1) is 21.6 Å². The molecule has 1 N–H and O–H groups in total. The van der Waals surface area contributed by atoms with Crippen LogP contribution in [0, 0.1) is 5.82 Å². The first-order valence-electron chi connectivity index (χ1n) is 8.77. The number of nitrogens with one attached hydrogen (secondary N) is 1. The average Bonchev–Trinajstić information content (AvgIpc) is 3.14. The molecule has 0 radical (unpaired) electrons. The molecule has 0 bridgehead atoms. The molecule has 0 atom stereocenters. The van der Waals surface area contributed by atoms with E-state index in [4.69, 9.17) is 11.6 Å². The Hall–Kier alpha value is -3.06. The summed E-state index contributed by atoms with van der Waals surface area (Å²) in [5, 5.41) is 4.73. The molecule has 4 rings (SSSR count). The largest absolute Gasteiger partial charge is 0.296 e. The highest BCUT2D eigenvalue weighted by atomic mass is 35.5. The average molecular weight is 399 g/mol. The van der Waals surface area contributed by atoms with Crippen molar-refractivity contribution in [3.8, 4) is 0 Å². The highest BCUT2D eigenvalue weighted by Crippen LogP contribution is 2.18. The van der Waals surface area contributed by atoms with Gasteiger partial charge in [-0.25, -0.2) is 14.8 Å². The van der Waals surface area contributed by atoms with E-state index in [1.54, 1.807) is 29.7 Å². The smallest absolute Gasteiger partial charge is 0.271 e. The quantitative estimate of drug-likeness (QED) is 0.543. The highest BCUT2D eigenvalue weighted by Gasteiger charge is 2.17. The van der Waals surface area contributed by atoms with Gasteiger partial charge in [-0.05, 0) is 49.7 Å². The molecule has 8 heteroatoms. The third-order valence-corrected chi connectivity index (χ3v) is 5.04. The molecule has 1 amide bonds. The SMILES string of the molecule is C/C(=N/NC(=O)c1ccc2c(=O)n3c(nc2c1)CCC3)c1ccc(F)cc1Cl. The molecule has 1 aromatic heterocycles. The van der Waals surface area contributed by atoms with Crippen LogP contribution in [0.25, 0.3) is 10.9 Å². The Bertz CT molecular complexity index is 1200. The van der Waals surface area contributed by atoms with Gasteiger partial charge in [0.15, 0.2) is 0 Å². The summed E-state index contributed by atoms with van der Waals surface area (Å²) in [5.41, 5.74) is 4.17. The number of aryl methyl sites for hydroxylation is 1. The first kappa shape index (κ1) is 18.3. The van der Waals surface area contributed by atoms with Crippen molar-refractivity contribution in [2.75, 3.05) is 0 Å². The Balaban J connectivity index is 1.60. The predicted octanol–water partition coefficient (Wildman–Crippen LogP) is 3.29. The van der Waals surface area contributed by atoms with Crippen LogP contribution in [0.15, 0.2) is 46.3 Å². The van der Waals surface area contributed by atoms with Crippen molar-refractivity contribution >= 4 is 34.1 Å². The Morgan fingerprint density at radius 1 is 1.29 bits per heavy atom. The molecular formula is C20H16ClFN4O2. The van der Waals surface area contributed by atoms with Gasteiger partial charge < -0.3 is 0 Å². The van der Waals surface area contributed by atoms with Gasteiger partial charge in [-0.15, -0.1) is 0 Å². The van der Waals surface area contributed by atoms with E-state index in [0.717, 1.165) is 18.7 Å². The van der Waals surface area contributed by atoms with E-state index in [1.807, 2.05) is 0 Å². The maximum absolute atomic E-state index is 13.2. The van der Waals surface area contributed by atoms with Gasteiger partial charge in [0.1, 0.15) is 11.6 Å². The van der Waals surface area contributed by atoms with E-state index in [-0.39, 0.29) is 10.6 Å². The third kappa shape index (κ3) is 3.29. The van der Waals surface area contributed by atoms with Crippen LogP contribution >= 0.6 is 11.6 Å². The zero-order valence-corrected chi connectivity index (χ0v) is 15.8. The maximum Gasteiger partial charge on any atom is 0.271 e. The van der Waals surface area contributed by atoms with Crippen LogP contribution in [0.5, 0.6) is 0 Å². The number of rotatable bonds is 3. The second kappa shape index (κ2) is 7.16. The lowest BCUT2D eigenvalue weighted by atomic mass is 10.1. The van der Waals surface area contributed by atoms with Gasteiger partial charge in [0, 0.05) is 24.1 Å². The number of carbonyl (C=O) groups is 1. The standard InChI is InChI=1S/C20H16ClFN4O2/c1-11(14-7-5-13(22)10-16(14)21)24-25-19(27)12-4-6-15-17(9-12)23-18-3-2-8-26(18)20(15)28/h4-7,9-10H,2-3,8H2,1H3,(H,25,27)/b24-11-. The van der Waals surface area contributed by atoms with Gasteiger partial charge >= 0.3 is 0 Å². The Morgan fingerprint density at radius 2 is 2.11 bits per heavy atom. The molecule has 0 fully saturated rings. The normalized spacial score (nSPS) is 13.6. The fourth-order valence-corrected chi connectivity index (χ4v) is 3.57. The summed E-state index contributed by atoms with van der Waals surface area (Å²) in [5.74, 6) is -0.145. The minimum absolute atomic E-state index is 0.0794. The second-order valence-corrected chi connectivity index (χ2v) is 6.99. The van der Waals surface area contributed by atoms with Gasteiger partial charge in [-0.3, -0.25) is 14.2 Å². The number of hydrogen-bond acceptors (Lipinski definition) is 4. The van der Waals surface area contributed by atoms with Crippen molar-refractivity contribution in [3.05, 3.63) is 74.5 Å². The molecule has 6 nitrogen and oxygen atoms in total. The van der Waals surface area contributed by atoms with Crippen LogP contribution in [-0.4, -0.2) is 21.2 Å². The number of nitrogens with zero attached hydrogens (tertiary/aromatic N) is 3. The van der Waals surface area contributed by atoms with E-state index in [0.29, 0.717) is 34.3 Å². The number of aromatic nitrogens is 2. The number of carbonyl (C=O) groups excluding carboxylic acids is 1. The van der Waals surface area contributed by atoms with E-state index in [1.165, 1.54) is 18.2 Å². The summed E-state index contributed by atoms with van der Waals surface area (Å²) in [6.07, 6.45) is 1.65. The van der Waals surface area contributed by atoms with E-state index in [9.17, 15) is 14.0 Å². The topological polar surface area (TPSA) is 76.3 Å². The van der Waals surface area contributed by atoms with Crippen LogP contribution in [0.4, 0.5) is 4.39 Å². The number of amides is 1. The summed E-state index contributed by atoms with van der Waals surface area (Å²) < 4.78 is 14.8. The van der Waals surface area contributed by atoms with E-state index >= 15 is 0 Å². The lowest BCUT2D eigenvalue weighted by Crippen LogP contribution is -2.22. The summed E-state index contributed by atoms with van der Waals surface area (Å²) in [6.45, 7) is 2.34. The Kier molecular flexibility index (Phi) is 4.68. The minimum Gasteiger partial charge on any atom is -0.296 e.